The first-order chi connectivity index (χ1) is 15.0. The molecule has 0 bridgehead atoms. The third-order valence-corrected chi connectivity index (χ3v) is 5.92. The van der Waals surface area contributed by atoms with Crippen LogP contribution in [0.25, 0.3) is 11.4 Å². The van der Waals surface area contributed by atoms with Crippen LogP contribution < -0.4 is 5.32 Å². The maximum Gasteiger partial charge on any atom is 0.251 e. The van der Waals surface area contributed by atoms with Crippen LogP contribution in [0.2, 0.25) is 0 Å². The molecule has 1 aliphatic rings. The summed E-state index contributed by atoms with van der Waals surface area (Å²) in [5.41, 5.74) is 4.99. The molecule has 1 amide bonds. The van der Waals surface area contributed by atoms with Crippen LogP contribution in [-0.2, 0) is 6.42 Å². The molecule has 0 saturated heterocycles. The van der Waals surface area contributed by atoms with Crippen LogP contribution in [0, 0.1) is 5.41 Å². The topological polar surface area (TPSA) is 64.7 Å². The van der Waals surface area contributed by atoms with E-state index in [0.29, 0.717) is 5.56 Å². The quantitative estimate of drug-likeness (QED) is 0.538. The van der Waals surface area contributed by atoms with Gasteiger partial charge in [0.15, 0.2) is 0 Å². The van der Waals surface area contributed by atoms with Crippen LogP contribution >= 0.6 is 0 Å². The Hall–Kier alpha value is -3.67. The maximum atomic E-state index is 13.1. The molecule has 0 fully saturated rings. The lowest BCUT2D eigenvalue weighted by Gasteiger charge is -2.36. The summed E-state index contributed by atoms with van der Waals surface area (Å²) in [6.07, 6.45) is 9.06. The van der Waals surface area contributed by atoms with E-state index in [1.54, 1.807) is 12.5 Å². The van der Waals surface area contributed by atoms with E-state index < -0.39 is 0 Å². The molecule has 156 valence electrons. The average Bonchev–Trinajstić information content (AvgIpc) is 3.44. The molecule has 2 aromatic carbocycles. The van der Waals surface area contributed by atoms with E-state index in [4.69, 9.17) is 0 Å². The fourth-order valence-corrected chi connectivity index (χ4v) is 4.40. The summed E-state index contributed by atoms with van der Waals surface area (Å²) >= 11 is 0. The van der Waals surface area contributed by atoms with Gasteiger partial charge >= 0.3 is 0 Å². The van der Waals surface area contributed by atoms with Gasteiger partial charge in [-0.05, 0) is 54.7 Å². The normalized spacial score (nSPS) is 17.2. The number of aromatic nitrogens is 4. The number of hydrogen-bond donors (Lipinski definition) is 1. The highest BCUT2D eigenvalue weighted by Gasteiger charge is 2.36. The number of amides is 1. The first-order valence-electron chi connectivity index (χ1n) is 10.5. The van der Waals surface area contributed by atoms with Crippen molar-refractivity contribution in [1.82, 2.24) is 24.6 Å². The molecule has 1 aliphatic carbocycles. The Balaban J connectivity index is 1.41. The number of benzene rings is 2. The van der Waals surface area contributed by atoms with Crippen LogP contribution in [0.1, 0.15) is 47.9 Å². The molecule has 0 unspecified atom stereocenters. The maximum absolute atomic E-state index is 13.1. The van der Waals surface area contributed by atoms with Gasteiger partial charge < -0.3 is 9.88 Å². The molecular weight excluding hydrogens is 386 g/mol. The largest absolute Gasteiger partial charge is 0.345 e. The van der Waals surface area contributed by atoms with Crippen molar-refractivity contribution in [2.45, 2.75) is 32.7 Å². The lowest BCUT2D eigenvalue weighted by molar-refractivity contribution is 0.0919. The minimum Gasteiger partial charge on any atom is -0.345 e. The Morgan fingerprint density at radius 3 is 2.55 bits per heavy atom. The molecule has 6 nitrogen and oxygen atoms in total. The number of rotatable bonds is 4. The molecule has 5 rings (SSSR count). The fraction of sp³-hybridized carbons (Fsp3) is 0.240. The zero-order valence-electron chi connectivity index (χ0n) is 17.7. The number of hydrogen-bond acceptors (Lipinski definition) is 3. The second-order valence-electron chi connectivity index (χ2n) is 8.88. The highest BCUT2D eigenvalue weighted by Crippen LogP contribution is 2.41. The van der Waals surface area contributed by atoms with Crippen LogP contribution in [0.4, 0.5) is 0 Å². The molecule has 0 radical (unpaired) electrons. The number of carbonyl (C=O) groups excluding carboxylic acids is 1. The Bertz CT molecular complexity index is 1190. The molecule has 1 atom stereocenters. The lowest BCUT2D eigenvalue weighted by Crippen LogP contribution is -2.36. The van der Waals surface area contributed by atoms with Crippen LogP contribution in [-0.4, -0.2) is 25.2 Å². The zero-order chi connectivity index (χ0) is 21.4. The highest BCUT2D eigenvalue weighted by atomic mass is 16.1. The molecule has 0 saturated carbocycles. The zero-order valence-corrected chi connectivity index (χ0v) is 17.7. The second kappa shape index (κ2) is 7.54. The van der Waals surface area contributed by atoms with Gasteiger partial charge in [-0.25, -0.2) is 9.67 Å². The third kappa shape index (κ3) is 3.77. The van der Waals surface area contributed by atoms with E-state index in [1.807, 2.05) is 64.1 Å². The standard InChI is InChI=1S/C25H25N5O/c1-25(2)14-22(21-16-27-30(23(21)15-25)20-6-4-3-5-7-20)28-24(31)18-8-10-19(11-9-18)29-13-12-26-17-29/h3-13,16-17,22H,14-15H2,1-2H3,(H,28,31)/t22-/m1/s1. The van der Waals surface area contributed by atoms with Crippen LogP contribution in [0.5, 0.6) is 0 Å². The van der Waals surface area contributed by atoms with Crippen molar-refractivity contribution in [3.63, 3.8) is 0 Å². The number of fused-ring (bicyclic) bond motifs is 1. The Kier molecular flexibility index (Phi) is 4.70. The second-order valence-corrected chi connectivity index (χ2v) is 8.88. The van der Waals surface area contributed by atoms with E-state index in [-0.39, 0.29) is 17.4 Å². The molecule has 6 heteroatoms. The van der Waals surface area contributed by atoms with Crippen LogP contribution in [0.3, 0.4) is 0 Å². The van der Waals surface area contributed by atoms with E-state index >= 15 is 0 Å². The van der Waals surface area contributed by atoms with Crippen molar-refractivity contribution in [2.24, 2.45) is 5.41 Å². The van der Waals surface area contributed by atoms with Gasteiger partial charge in [-0.1, -0.05) is 32.0 Å². The van der Waals surface area contributed by atoms with Crippen molar-refractivity contribution in [3.8, 4) is 11.4 Å². The number of nitrogens with one attached hydrogen (secondary N) is 1. The third-order valence-electron chi connectivity index (χ3n) is 5.92. The SMILES string of the molecule is CC1(C)Cc2c(cnn2-c2ccccc2)[C@H](NC(=O)c2ccc(-n3ccnc3)cc2)C1. The van der Waals surface area contributed by atoms with Gasteiger partial charge in [-0.2, -0.15) is 5.10 Å². The predicted octanol–water partition coefficient (Wildman–Crippen LogP) is 4.50. The summed E-state index contributed by atoms with van der Waals surface area (Å²) < 4.78 is 3.92. The number of carbonyl (C=O) groups is 1. The molecule has 0 spiro atoms. The summed E-state index contributed by atoms with van der Waals surface area (Å²) in [6, 6.07) is 17.7. The molecular formula is C25H25N5O. The van der Waals surface area contributed by atoms with Gasteiger partial charge in [0.25, 0.3) is 5.91 Å². The summed E-state index contributed by atoms with van der Waals surface area (Å²) in [7, 11) is 0. The first kappa shape index (κ1) is 19.3. The van der Waals surface area contributed by atoms with Gasteiger partial charge in [0, 0.05) is 29.2 Å². The van der Waals surface area contributed by atoms with Gasteiger partial charge in [0.2, 0.25) is 0 Å². The Morgan fingerprint density at radius 2 is 1.84 bits per heavy atom. The average molecular weight is 412 g/mol. The fourth-order valence-electron chi connectivity index (χ4n) is 4.40. The summed E-state index contributed by atoms with van der Waals surface area (Å²) in [6.45, 7) is 4.49. The monoisotopic (exact) mass is 411 g/mol. The smallest absolute Gasteiger partial charge is 0.251 e. The highest BCUT2D eigenvalue weighted by molar-refractivity contribution is 5.94. The van der Waals surface area contributed by atoms with Crippen molar-refractivity contribution < 1.29 is 4.79 Å². The summed E-state index contributed by atoms with van der Waals surface area (Å²) in [5, 5.41) is 7.92. The van der Waals surface area contributed by atoms with E-state index in [0.717, 1.165) is 29.8 Å². The van der Waals surface area contributed by atoms with Crippen molar-refractivity contribution in [3.05, 3.63) is 96.3 Å². The number of nitrogens with zero attached hydrogens (tertiary/aromatic N) is 4. The van der Waals surface area contributed by atoms with Crippen LogP contribution in [0.15, 0.2) is 79.5 Å². The van der Waals surface area contributed by atoms with Crippen molar-refractivity contribution >= 4 is 5.91 Å². The molecule has 2 heterocycles. The molecule has 31 heavy (non-hydrogen) atoms. The number of imidazole rings is 1. The Labute approximate surface area is 181 Å². The predicted molar refractivity (Wildman–Crippen MR) is 119 cm³/mol. The summed E-state index contributed by atoms with van der Waals surface area (Å²) in [5.74, 6) is -0.0710. The van der Waals surface area contributed by atoms with Gasteiger partial charge in [0.05, 0.1) is 29.9 Å². The Morgan fingerprint density at radius 1 is 1.06 bits per heavy atom. The molecule has 1 N–H and O–H groups in total. The van der Waals surface area contributed by atoms with Gasteiger partial charge in [-0.15, -0.1) is 0 Å². The molecule has 0 aliphatic heterocycles. The van der Waals surface area contributed by atoms with Crippen molar-refractivity contribution in [2.75, 3.05) is 0 Å². The molecule has 4 aromatic rings. The van der Waals surface area contributed by atoms with E-state index in [1.165, 1.54) is 5.69 Å². The summed E-state index contributed by atoms with van der Waals surface area (Å²) in [4.78, 5) is 17.1. The lowest BCUT2D eigenvalue weighted by atomic mass is 9.74. The van der Waals surface area contributed by atoms with Gasteiger partial charge in [0.1, 0.15) is 0 Å². The minimum atomic E-state index is -0.0722. The van der Waals surface area contributed by atoms with Gasteiger partial charge in [-0.3, -0.25) is 4.79 Å². The van der Waals surface area contributed by atoms with Crippen molar-refractivity contribution in [1.29, 1.82) is 0 Å². The minimum absolute atomic E-state index is 0.0583. The first-order valence-corrected chi connectivity index (χ1v) is 10.5. The van der Waals surface area contributed by atoms with E-state index in [2.05, 4.69) is 41.4 Å². The number of para-hydroxylation sites is 1. The van der Waals surface area contributed by atoms with E-state index in [9.17, 15) is 4.79 Å². The molecule has 2 aromatic heterocycles.